The lowest BCUT2D eigenvalue weighted by Crippen LogP contribution is -2.78. The molecule has 0 aromatic heterocycles. The number of guanidine groups is 1. The van der Waals surface area contributed by atoms with Gasteiger partial charge in [0.15, 0.2) is 0 Å². The monoisotopic (exact) mass is 528 g/mol. The van der Waals surface area contributed by atoms with Crippen LogP contribution in [0.1, 0.15) is 90.4 Å². The van der Waals surface area contributed by atoms with E-state index in [1.54, 1.807) is 6.08 Å². The maximum atomic E-state index is 12.1. The predicted octanol–water partition coefficient (Wildman–Crippen LogP) is -3.38. The van der Waals surface area contributed by atoms with Gasteiger partial charge in [-0.25, -0.2) is 0 Å². The summed E-state index contributed by atoms with van der Waals surface area (Å²) in [4.78, 5) is 35.3. The van der Waals surface area contributed by atoms with Gasteiger partial charge in [-0.05, 0) is 32.1 Å². The maximum Gasteiger partial charge on any atom is 0.338 e. The van der Waals surface area contributed by atoms with Gasteiger partial charge in [-0.3, -0.25) is 21.3 Å². The molecule has 0 saturated heterocycles. The summed E-state index contributed by atoms with van der Waals surface area (Å²) in [5.74, 6) is -2.30. The number of unbranched alkanes of at least 4 members (excludes halogenated alkanes) is 5. The number of carboxylic acids is 2. The number of quaternary nitrogens is 1. The minimum atomic E-state index is -1.13. The lowest BCUT2D eigenvalue weighted by Gasteiger charge is -2.18. The molecule has 11 nitrogen and oxygen atoms in total. The van der Waals surface area contributed by atoms with Crippen molar-refractivity contribution in [3.63, 3.8) is 0 Å². The molecule has 0 spiro atoms. The van der Waals surface area contributed by atoms with Crippen LogP contribution in [-0.4, -0.2) is 58.7 Å². The third kappa shape index (κ3) is 17.6. The van der Waals surface area contributed by atoms with Gasteiger partial charge in [0.1, 0.15) is 11.8 Å². The van der Waals surface area contributed by atoms with Crippen molar-refractivity contribution in [3.8, 4) is 0 Å². The van der Waals surface area contributed by atoms with Crippen LogP contribution in [0.15, 0.2) is 12.2 Å². The summed E-state index contributed by atoms with van der Waals surface area (Å²) in [6.45, 7) is 2.67. The van der Waals surface area contributed by atoms with Gasteiger partial charge in [0, 0.05) is 30.6 Å². The summed E-state index contributed by atoms with van der Waals surface area (Å²) in [6, 6.07) is -0.661. The number of aliphatic carboxylic acids is 2. The molecule has 0 amide bonds. The van der Waals surface area contributed by atoms with Crippen LogP contribution in [0.4, 0.5) is 0 Å². The summed E-state index contributed by atoms with van der Waals surface area (Å²) < 4.78 is 0. The van der Waals surface area contributed by atoms with Crippen LogP contribution in [-0.2, 0) is 14.4 Å². The number of ketones is 1. The highest BCUT2D eigenvalue weighted by molar-refractivity contribution is 5.84. The fourth-order valence-electron chi connectivity index (χ4n) is 4.23. The molecule has 1 saturated carbocycles. The first-order chi connectivity index (χ1) is 17.5. The molecule has 5 atom stereocenters. The van der Waals surface area contributed by atoms with Crippen molar-refractivity contribution in [1.82, 2.24) is 0 Å². The number of rotatable bonds is 18. The predicted molar refractivity (Wildman–Crippen MR) is 135 cm³/mol. The van der Waals surface area contributed by atoms with E-state index in [9.17, 15) is 34.8 Å². The van der Waals surface area contributed by atoms with Gasteiger partial charge in [0.2, 0.25) is 0 Å². The van der Waals surface area contributed by atoms with Crippen LogP contribution in [0.3, 0.4) is 0 Å². The van der Waals surface area contributed by atoms with Crippen molar-refractivity contribution in [2.24, 2.45) is 23.3 Å². The Bertz CT molecular complexity index is 726. The fraction of sp³-hybridized carbons (Fsp3) is 0.769. The molecule has 1 aliphatic carbocycles. The lowest BCUT2D eigenvalue weighted by molar-refractivity contribution is -0.466. The number of hydrogen-bond acceptors (Lipinski definition) is 7. The number of nitrogens with one attached hydrogen (secondary N) is 1. The van der Waals surface area contributed by atoms with Gasteiger partial charge in [-0.1, -0.05) is 57.6 Å². The highest BCUT2D eigenvalue weighted by Gasteiger charge is 2.39. The summed E-state index contributed by atoms with van der Waals surface area (Å²) in [6.07, 6.45) is 11.5. The molecule has 0 heterocycles. The second-order valence-electron chi connectivity index (χ2n) is 9.73. The van der Waals surface area contributed by atoms with E-state index in [1.165, 1.54) is 0 Å². The maximum absolute atomic E-state index is 12.1. The fourth-order valence-corrected chi connectivity index (χ4v) is 4.23. The van der Waals surface area contributed by atoms with E-state index in [-0.39, 0.29) is 36.4 Å². The minimum absolute atomic E-state index is 0.0857. The third-order valence-corrected chi connectivity index (χ3v) is 6.43. The number of nitrogens with two attached hydrogens (primary N) is 2. The Kier molecular flexibility index (Phi) is 19.2. The molecular formula is C26H48N4O7. The molecule has 11 heteroatoms. The van der Waals surface area contributed by atoms with E-state index in [2.05, 4.69) is 17.6 Å². The van der Waals surface area contributed by atoms with Gasteiger partial charge in [0.05, 0.1) is 24.7 Å². The van der Waals surface area contributed by atoms with Crippen molar-refractivity contribution < 1.29 is 45.5 Å². The summed E-state index contributed by atoms with van der Waals surface area (Å²) in [5, 5.41) is 40.7. The van der Waals surface area contributed by atoms with Gasteiger partial charge in [-0.15, -0.1) is 0 Å². The SMILES string of the molecule is CCCCC[C@H](O)/C=C/C1C(CCCCCCC(=O)[O-])C(=O)C[C@H]1O.NC(N)=[NH+]CCC[C@H]([NH3+])C(=O)[O-]. The van der Waals surface area contributed by atoms with Gasteiger partial charge in [-0.2, -0.15) is 0 Å². The average Bonchev–Trinajstić information content (AvgIpc) is 3.09. The molecule has 37 heavy (non-hydrogen) atoms. The molecule has 1 rings (SSSR count). The Morgan fingerprint density at radius 1 is 1.11 bits per heavy atom. The Morgan fingerprint density at radius 2 is 1.78 bits per heavy atom. The molecular weight excluding hydrogens is 480 g/mol. The van der Waals surface area contributed by atoms with Crippen LogP contribution in [0.5, 0.6) is 0 Å². The van der Waals surface area contributed by atoms with Crippen LogP contribution >= 0.6 is 0 Å². The van der Waals surface area contributed by atoms with Crippen molar-refractivity contribution in [1.29, 1.82) is 0 Å². The van der Waals surface area contributed by atoms with Crippen LogP contribution in [0.25, 0.3) is 0 Å². The Balaban J connectivity index is 0.000000908. The zero-order chi connectivity index (χ0) is 28.2. The number of aliphatic hydroxyl groups excluding tert-OH is 2. The molecule has 0 aliphatic heterocycles. The first-order valence-electron chi connectivity index (χ1n) is 13.4. The molecule has 0 aromatic carbocycles. The normalized spacial score (nSPS) is 20.8. The van der Waals surface area contributed by atoms with E-state index in [1.807, 2.05) is 6.08 Å². The second kappa shape index (κ2) is 20.5. The van der Waals surface area contributed by atoms with E-state index in [4.69, 9.17) is 11.5 Å². The summed E-state index contributed by atoms with van der Waals surface area (Å²) in [7, 11) is 0. The molecule has 1 fully saturated rings. The minimum Gasteiger partial charge on any atom is -0.550 e. The highest BCUT2D eigenvalue weighted by Crippen LogP contribution is 2.34. The van der Waals surface area contributed by atoms with Crippen molar-refractivity contribution in [2.45, 2.75) is 109 Å². The van der Waals surface area contributed by atoms with E-state index in [0.717, 1.165) is 38.5 Å². The summed E-state index contributed by atoms with van der Waals surface area (Å²) in [5.41, 5.74) is 13.6. The zero-order valence-electron chi connectivity index (χ0n) is 22.2. The molecule has 0 aromatic rings. The number of carboxylic acid groups (broad SMARTS) is 2. The van der Waals surface area contributed by atoms with Crippen molar-refractivity contribution >= 4 is 23.7 Å². The first kappa shape index (κ1) is 34.5. The molecule has 214 valence electrons. The molecule has 10 N–H and O–H groups in total. The Morgan fingerprint density at radius 3 is 2.38 bits per heavy atom. The molecule has 0 bridgehead atoms. The Labute approximate surface area is 220 Å². The quantitative estimate of drug-likeness (QED) is 0.0450. The molecule has 2 unspecified atom stereocenters. The first-order valence-corrected chi connectivity index (χ1v) is 13.4. The van der Waals surface area contributed by atoms with Gasteiger partial charge in [0.25, 0.3) is 0 Å². The van der Waals surface area contributed by atoms with Crippen molar-refractivity contribution in [2.75, 3.05) is 6.54 Å². The number of Topliss-reactive ketones (excluding diaryl/α,β-unsaturated/α-hetero) is 1. The average molecular weight is 529 g/mol. The molecule has 1 aliphatic rings. The largest absolute Gasteiger partial charge is 0.550 e. The Hall–Kier alpha value is -2.50. The van der Waals surface area contributed by atoms with E-state index >= 15 is 0 Å². The van der Waals surface area contributed by atoms with Crippen LogP contribution in [0.2, 0.25) is 0 Å². The lowest BCUT2D eigenvalue weighted by atomic mass is 9.88. The standard InChI is InChI=1S/C20H34O5.C6H14N4O2/c1-2-3-6-9-15(21)12-13-17-16(18(22)14-19(17)23)10-7-4-5-8-11-20(24)25;7-4(5(11)12)2-1-3-10-6(8)9/h12-13,15-17,19,21,23H,2-11,14H2,1H3,(H,24,25);4H,1-3,7H2,(H,11,12)(H4,8,9,10)/b13-12+;/t15-,16?,17?,19+;4-/m00/s1. The second-order valence-corrected chi connectivity index (χ2v) is 9.73. The smallest absolute Gasteiger partial charge is 0.338 e. The van der Waals surface area contributed by atoms with Gasteiger partial charge >= 0.3 is 5.96 Å². The van der Waals surface area contributed by atoms with Crippen LogP contribution in [0, 0.1) is 11.8 Å². The third-order valence-electron chi connectivity index (χ3n) is 6.43. The topological polar surface area (TPSA) is 231 Å². The number of carbonyl (C=O) groups is 3. The highest BCUT2D eigenvalue weighted by atomic mass is 16.4. The van der Waals surface area contributed by atoms with Crippen LogP contribution < -0.4 is 32.4 Å². The number of hydrogen-bond donors (Lipinski definition) is 6. The van der Waals surface area contributed by atoms with Gasteiger partial charge < -0.3 is 35.7 Å². The van der Waals surface area contributed by atoms with E-state index < -0.39 is 30.2 Å². The zero-order valence-corrected chi connectivity index (χ0v) is 22.2. The van der Waals surface area contributed by atoms with Crippen molar-refractivity contribution in [3.05, 3.63) is 12.2 Å². The summed E-state index contributed by atoms with van der Waals surface area (Å²) >= 11 is 0. The number of carbonyl (C=O) groups excluding carboxylic acids is 3. The number of aliphatic hydroxyl groups is 2. The van der Waals surface area contributed by atoms with E-state index in [0.29, 0.717) is 38.6 Å². The molecule has 0 radical (unpaired) electrons.